The Kier molecular flexibility index (Phi) is 5.10. The van der Waals surface area contributed by atoms with Crippen molar-refractivity contribution in [3.8, 4) is 28.1 Å². The molecule has 6 rings (SSSR count). The van der Waals surface area contributed by atoms with Crippen LogP contribution in [-0.2, 0) is 23.9 Å². The minimum absolute atomic E-state index is 0.364. The van der Waals surface area contributed by atoms with Gasteiger partial charge in [-0.15, -0.1) is 0 Å². The molecule has 1 saturated carbocycles. The maximum Gasteiger partial charge on any atom is 0.139 e. The summed E-state index contributed by atoms with van der Waals surface area (Å²) in [5.74, 6) is 0.166. The maximum atomic E-state index is 14.7. The normalized spacial score (nSPS) is 15.4. The molecule has 176 valence electrons. The highest BCUT2D eigenvalue weighted by Gasteiger charge is 2.46. The minimum atomic E-state index is -2.45. The Labute approximate surface area is 202 Å². The van der Waals surface area contributed by atoms with Crippen LogP contribution < -0.4 is 4.72 Å². The lowest BCUT2D eigenvalue weighted by Crippen LogP contribution is -2.31. The van der Waals surface area contributed by atoms with Crippen molar-refractivity contribution in [2.24, 2.45) is 7.05 Å². The first-order chi connectivity index (χ1) is 16.9. The standard InChI is InChI=1S/C25H21FN6O2S/c1-31-14-18(13-28-31)16-6-7-22-21(10-16)27-15-32(22)24-12-17(19-4-2-3-5-20(19)26)11-23(29-24)25(8-9-25)30-35(33)34/h2-7,10-15,30H,8-9H2,1H3,(H,33,34)/p-1. The molecule has 1 unspecified atom stereocenters. The third kappa shape index (κ3) is 3.95. The van der Waals surface area contributed by atoms with Crippen molar-refractivity contribution in [3.05, 3.63) is 84.8 Å². The number of hydrogen-bond acceptors (Lipinski definition) is 5. The van der Waals surface area contributed by atoms with Gasteiger partial charge < -0.3 is 4.55 Å². The van der Waals surface area contributed by atoms with Gasteiger partial charge in [0.15, 0.2) is 0 Å². The van der Waals surface area contributed by atoms with Gasteiger partial charge in [-0.25, -0.2) is 19.1 Å². The number of rotatable bonds is 6. The largest absolute Gasteiger partial charge is 0.760 e. The molecule has 10 heteroatoms. The molecule has 0 spiro atoms. The van der Waals surface area contributed by atoms with E-state index in [2.05, 4.69) is 14.8 Å². The predicted octanol–water partition coefficient (Wildman–Crippen LogP) is 4.00. The highest BCUT2D eigenvalue weighted by Crippen LogP contribution is 2.46. The molecule has 3 heterocycles. The zero-order valence-electron chi connectivity index (χ0n) is 18.7. The van der Waals surface area contributed by atoms with Gasteiger partial charge in [0, 0.05) is 35.6 Å². The van der Waals surface area contributed by atoms with Crippen molar-refractivity contribution in [2.45, 2.75) is 18.4 Å². The maximum absolute atomic E-state index is 14.7. The van der Waals surface area contributed by atoms with Gasteiger partial charge in [-0.1, -0.05) is 24.3 Å². The lowest BCUT2D eigenvalue weighted by molar-refractivity contribution is 0.498. The summed E-state index contributed by atoms with van der Waals surface area (Å²) >= 11 is -2.45. The van der Waals surface area contributed by atoms with Crippen LogP contribution in [0, 0.1) is 5.82 Å². The molecule has 3 aromatic heterocycles. The van der Waals surface area contributed by atoms with Gasteiger partial charge in [-0.3, -0.25) is 13.5 Å². The quantitative estimate of drug-likeness (QED) is 0.365. The fourth-order valence-corrected chi connectivity index (χ4v) is 5.00. The first kappa shape index (κ1) is 21.8. The number of imidazole rings is 1. The van der Waals surface area contributed by atoms with Crippen LogP contribution in [-0.4, -0.2) is 33.1 Å². The summed E-state index contributed by atoms with van der Waals surface area (Å²) in [7, 11) is 1.87. The lowest BCUT2D eigenvalue weighted by Gasteiger charge is -2.20. The number of pyridine rings is 1. The lowest BCUT2D eigenvalue weighted by atomic mass is 10.0. The van der Waals surface area contributed by atoms with E-state index < -0.39 is 16.8 Å². The average Bonchev–Trinajstić information content (AvgIpc) is 3.29. The molecule has 1 N–H and O–H groups in total. The number of nitrogens with one attached hydrogen (secondary N) is 1. The number of benzene rings is 2. The Morgan fingerprint density at radius 1 is 1.09 bits per heavy atom. The molecular weight excluding hydrogens is 467 g/mol. The van der Waals surface area contributed by atoms with E-state index in [0.29, 0.717) is 35.5 Å². The van der Waals surface area contributed by atoms with Crippen molar-refractivity contribution in [1.29, 1.82) is 0 Å². The van der Waals surface area contributed by atoms with Crippen LogP contribution in [0.4, 0.5) is 4.39 Å². The second-order valence-electron chi connectivity index (χ2n) is 8.72. The van der Waals surface area contributed by atoms with E-state index in [-0.39, 0.29) is 5.82 Å². The summed E-state index contributed by atoms with van der Waals surface area (Å²) in [5.41, 5.74) is 4.36. The number of aryl methyl sites for hydroxylation is 1. The molecule has 0 radical (unpaired) electrons. The van der Waals surface area contributed by atoms with E-state index in [1.807, 2.05) is 36.0 Å². The van der Waals surface area contributed by atoms with E-state index in [1.54, 1.807) is 47.5 Å². The van der Waals surface area contributed by atoms with Crippen molar-refractivity contribution in [1.82, 2.24) is 29.0 Å². The van der Waals surface area contributed by atoms with E-state index in [4.69, 9.17) is 4.98 Å². The minimum Gasteiger partial charge on any atom is -0.760 e. The topological polar surface area (TPSA) is 101 Å². The highest BCUT2D eigenvalue weighted by molar-refractivity contribution is 7.77. The number of halogens is 1. The van der Waals surface area contributed by atoms with Gasteiger partial charge in [-0.05, 0) is 54.3 Å². The first-order valence-electron chi connectivity index (χ1n) is 11.0. The molecule has 1 atom stereocenters. The summed E-state index contributed by atoms with van der Waals surface area (Å²) in [6.07, 6.45) is 6.64. The Morgan fingerprint density at radius 2 is 1.91 bits per heavy atom. The molecule has 35 heavy (non-hydrogen) atoms. The molecule has 2 aromatic carbocycles. The van der Waals surface area contributed by atoms with Crippen LogP contribution in [0.3, 0.4) is 0 Å². The number of hydrogen-bond donors (Lipinski definition) is 1. The van der Waals surface area contributed by atoms with Crippen molar-refractivity contribution < 1.29 is 13.2 Å². The SMILES string of the molecule is Cn1cc(-c2ccc3c(c2)ncn3-c2cc(-c3ccccc3F)cc(C3(NS(=O)[O-])CC3)n2)cn1. The Morgan fingerprint density at radius 3 is 2.63 bits per heavy atom. The monoisotopic (exact) mass is 487 g/mol. The summed E-state index contributed by atoms with van der Waals surface area (Å²) < 4.78 is 43.8. The van der Waals surface area contributed by atoms with Gasteiger partial charge in [0.1, 0.15) is 18.0 Å². The Balaban J connectivity index is 1.50. The average molecular weight is 488 g/mol. The van der Waals surface area contributed by atoms with Crippen molar-refractivity contribution in [3.63, 3.8) is 0 Å². The van der Waals surface area contributed by atoms with Crippen LogP contribution in [0.15, 0.2) is 73.3 Å². The smallest absolute Gasteiger partial charge is 0.139 e. The zero-order valence-corrected chi connectivity index (χ0v) is 19.5. The Bertz CT molecular complexity index is 1610. The molecule has 0 amide bonds. The molecule has 0 saturated heterocycles. The van der Waals surface area contributed by atoms with Crippen LogP contribution in [0.25, 0.3) is 39.1 Å². The summed E-state index contributed by atoms with van der Waals surface area (Å²) in [6, 6.07) is 16.0. The van der Waals surface area contributed by atoms with E-state index in [9.17, 15) is 13.2 Å². The van der Waals surface area contributed by atoms with Crippen LogP contribution in [0.5, 0.6) is 0 Å². The molecule has 0 aliphatic heterocycles. The number of nitrogens with zero attached hydrogens (tertiary/aromatic N) is 5. The molecule has 1 aliphatic carbocycles. The molecule has 0 bridgehead atoms. The van der Waals surface area contributed by atoms with Crippen molar-refractivity contribution in [2.75, 3.05) is 0 Å². The predicted molar refractivity (Wildman–Crippen MR) is 129 cm³/mol. The zero-order chi connectivity index (χ0) is 24.2. The third-order valence-electron chi connectivity index (χ3n) is 6.35. The molecule has 8 nitrogen and oxygen atoms in total. The second kappa shape index (κ2) is 8.19. The Hall–Kier alpha value is -3.73. The number of fused-ring (bicyclic) bond motifs is 1. The molecular formula is C25H20FN6O2S-. The van der Waals surface area contributed by atoms with Crippen LogP contribution in [0.2, 0.25) is 0 Å². The fraction of sp³-hybridized carbons (Fsp3) is 0.160. The summed E-state index contributed by atoms with van der Waals surface area (Å²) in [4.78, 5) is 9.37. The van der Waals surface area contributed by atoms with Gasteiger partial charge >= 0.3 is 0 Å². The molecule has 1 fully saturated rings. The second-order valence-corrected chi connectivity index (χ2v) is 9.39. The summed E-state index contributed by atoms with van der Waals surface area (Å²) in [5, 5.41) is 4.23. The van der Waals surface area contributed by atoms with Gasteiger partial charge in [0.05, 0.1) is 28.5 Å². The van der Waals surface area contributed by atoms with Gasteiger partial charge in [0.2, 0.25) is 0 Å². The fourth-order valence-electron chi connectivity index (χ4n) is 4.38. The third-order valence-corrected chi connectivity index (χ3v) is 6.91. The van der Waals surface area contributed by atoms with Gasteiger partial charge in [0.25, 0.3) is 0 Å². The highest BCUT2D eigenvalue weighted by atomic mass is 32.2. The van der Waals surface area contributed by atoms with E-state index in [0.717, 1.165) is 22.2 Å². The first-order valence-corrected chi connectivity index (χ1v) is 12.1. The van der Waals surface area contributed by atoms with Crippen LogP contribution >= 0.6 is 0 Å². The number of aromatic nitrogens is 5. The van der Waals surface area contributed by atoms with Gasteiger partial charge in [-0.2, -0.15) is 5.10 Å². The van der Waals surface area contributed by atoms with E-state index >= 15 is 0 Å². The van der Waals surface area contributed by atoms with Crippen molar-refractivity contribution >= 4 is 22.3 Å². The summed E-state index contributed by atoms with van der Waals surface area (Å²) in [6.45, 7) is 0. The van der Waals surface area contributed by atoms with Crippen LogP contribution in [0.1, 0.15) is 18.5 Å². The van der Waals surface area contributed by atoms with E-state index in [1.165, 1.54) is 6.07 Å². The molecule has 5 aromatic rings. The molecule has 1 aliphatic rings.